The molecule has 1 aromatic carbocycles. The first-order chi connectivity index (χ1) is 12.3. The van der Waals surface area contributed by atoms with Crippen LogP contribution in [0.15, 0.2) is 30.3 Å². The van der Waals surface area contributed by atoms with Crippen molar-refractivity contribution >= 4 is 12.1 Å². The van der Waals surface area contributed by atoms with Crippen LogP contribution in [0.3, 0.4) is 0 Å². The number of ether oxygens (including phenoxy) is 1. The molecule has 2 aromatic rings. The van der Waals surface area contributed by atoms with Crippen molar-refractivity contribution in [1.29, 1.82) is 0 Å². The van der Waals surface area contributed by atoms with Crippen molar-refractivity contribution < 1.29 is 14.6 Å². The minimum Gasteiger partial charge on any atom is -0.507 e. The summed E-state index contributed by atoms with van der Waals surface area (Å²) in [4.78, 5) is 15.8. The van der Waals surface area contributed by atoms with Crippen LogP contribution in [-0.2, 0) is 16.1 Å². The van der Waals surface area contributed by atoms with E-state index in [0.717, 1.165) is 37.8 Å². The number of pyridine rings is 1. The second-order valence-electron chi connectivity index (χ2n) is 6.50. The predicted octanol–water partition coefficient (Wildman–Crippen LogP) is 2.39. The van der Waals surface area contributed by atoms with Gasteiger partial charge in [-0.3, -0.25) is 4.79 Å². The number of hydrogen-bond donors (Lipinski definition) is 3. The van der Waals surface area contributed by atoms with Gasteiger partial charge in [-0.25, -0.2) is 4.98 Å². The lowest BCUT2D eigenvalue weighted by Crippen LogP contribution is -2.33. The van der Waals surface area contributed by atoms with Gasteiger partial charge < -0.3 is 20.5 Å². The Morgan fingerprint density at radius 1 is 1.32 bits per heavy atom. The largest absolute Gasteiger partial charge is 0.507 e. The van der Waals surface area contributed by atoms with E-state index in [0.29, 0.717) is 29.6 Å². The molecular weight excluding hydrogens is 318 g/mol. The van der Waals surface area contributed by atoms with Gasteiger partial charge in [-0.15, -0.1) is 0 Å². The van der Waals surface area contributed by atoms with Gasteiger partial charge in [0, 0.05) is 17.7 Å². The van der Waals surface area contributed by atoms with E-state index in [-0.39, 0.29) is 5.75 Å². The number of rotatable bonds is 3. The Bertz CT molecular complexity index is 787. The number of phenols is 1. The zero-order valence-electron chi connectivity index (χ0n) is 13.9. The normalized spacial score (nSPS) is 22.7. The van der Waals surface area contributed by atoms with Gasteiger partial charge >= 0.3 is 0 Å². The molecule has 2 atom stereocenters. The Hall–Kier alpha value is -2.44. The minimum absolute atomic E-state index is 0.196. The average molecular weight is 339 g/mol. The molecule has 1 aromatic heterocycles. The molecule has 0 spiro atoms. The highest BCUT2D eigenvalue weighted by atomic mass is 16.5. The van der Waals surface area contributed by atoms with E-state index in [1.54, 1.807) is 12.1 Å². The van der Waals surface area contributed by atoms with E-state index in [2.05, 4.69) is 21.7 Å². The molecule has 25 heavy (non-hydrogen) atoms. The van der Waals surface area contributed by atoms with Gasteiger partial charge in [-0.2, -0.15) is 0 Å². The molecule has 0 radical (unpaired) electrons. The van der Waals surface area contributed by atoms with Crippen molar-refractivity contribution in [3.05, 3.63) is 41.5 Å². The number of aromatic hydroxyl groups is 1. The topological polar surface area (TPSA) is 83.5 Å². The maximum absolute atomic E-state index is 11.1. The average Bonchev–Trinajstić information content (AvgIpc) is 2.67. The highest BCUT2D eigenvalue weighted by Gasteiger charge is 2.27. The molecule has 0 aliphatic carbocycles. The highest BCUT2D eigenvalue weighted by molar-refractivity contribution is 5.72. The van der Waals surface area contributed by atoms with Crippen LogP contribution in [0.5, 0.6) is 5.75 Å². The molecule has 6 heteroatoms. The molecule has 6 nitrogen and oxygen atoms in total. The summed E-state index contributed by atoms with van der Waals surface area (Å²) in [5.41, 5.74) is 3.57. The van der Waals surface area contributed by atoms with Crippen molar-refractivity contribution in [3.8, 4) is 17.0 Å². The van der Waals surface area contributed by atoms with E-state index in [4.69, 9.17) is 4.74 Å². The van der Waals surface area contributed by atoms with E-state index >= 15 is 0 Å². The van der Waals surface area contributed by atoms with Crippen LogP contribution in [-0.4, -0.2) is 35.7 Å². The second-order valence-corrected chi connectivity index (χ2v) is 6.50. The van der Waals surface area contributed by atoms with Crippen LogP contribution in [0.1, 0.15) is 29.9 Å². The molecule has 0 saturated carbocycles. The maximum atomic E-state index is 11.1. The van der Waals surface area contributed by atoms with Crippen molar-refractivity contribution in [2.24, 2.45) is 0 Å². The van der Waals surface area contributed by atoms with Gasteiger partial charge in [0.05, 0.1) is 12.3 Å². The number of aromatic nitrogens is 1. The molecule has 0 bridgehead atoms. The van der Waals surface area contributed by atoms with Crippen LogP contribution < -0.4 is 10.6 Å². The Balaban J connectivity index is 1.83. The molecule has 2 unspecified atom stereocenters. The van der Waals surface area contributed by atoms with Crippen LogP contribution in [0.2, 0.25) is 0 Å². The molecular formula is C19H21N3O3. The number of nitrogens with one attached hydrogen (secondary N) is 2. The van der Waals surface area contributed by atoms with Crippen molar-refractivity contribution in [1.82, 2.24) is 10.3 Å². The van der Waals surface area contributed by atoms with Crippen LogP contribution in [0.4, 0.5) is 5.82 Å². The molecule has 3 N–H and O–H groups in total. The van der Waals surface area contributed by atoms with Crippen molar-refractivity contribution in [3.63, 3.8) is 0 Å². The maximum Gasteiger partial charge on any atom is 0.185 e. The SMILES string of the molecule is O=CC1Nc2nc(-c3ccccc3O)cc(C3CCCNC3)c2CO1. The van der Waals surface area contributed by atoms with Crippen molar-refractivity contribution in [2.75, 3.05) is 18.4 Å². The lowest BCUT2D eigenvalue weighted by molar-refractivity contribution is -0.117. The zero-order chi connectivity index (χ0) is 17.2. The molecule has 1 fully saturated rings. The van der Waals surface area contributed by atoms with Gasteiger partial charge in [0.25, 0.3) is 0 Å². The number of benzene rings is 1. The fourth-order valence-corrected chi connectivity index (χ4v) is 3.59. The smallest absolute Gasteiger partial charge is 0.185 e. The highest BCUT2D eigenvalue weighted by Crippen LogP contribution is 2.37. The summed E-state index contributed by atoms with van der Waals surface area (Å²) < 4.78 is 5.57. The summed E-state index contributed by atoms with van der Waals surface area (Å²) in [7, 11) is 0. The standard InChI is InChI=1S/C19H21N3O3/c23-10-18-22-19-15(11-25-18)14(12-4-3-7-20-9-12)8-16(21-19)13-5-1-2-6-17(13)24/h1-2,5-6,8,10,12,18,20,24H,3-4,7,9,11H2,(H,21,22). The number of para-hydroxylation sites is 1. The fourth-order valence-electron chi connectivity index (χ4n) is 3.59. The Labute approximate surface area is 146 Å². The Morgan fingerprint density at radius 2 is 2.20 bits per heavy atom. The number of nitrogens with zero attached hydrogens (tertiary/aromatic N) is 1. The number of piperidine rings is 1. The summed E-state index contributed by atoms with van der Waals surface area (Å²) in [6.07, 6.45) is 2.27. The van der Waals surface area contributed by atoms with Gasteiger partial charge in [-0.05, 0) is 49.1 Å². The summed E-state index contributed by atoms with van der Waals surface area (Å²) in [5, 5.41) is 16.7. The summed E-state index contributed by atoms with van der Waals surface area (Å²) in [6, 6.07) is 9.23. The lowest BCUT2D eigenvalue weighted by atomic mass is 9.87. The van der Waals surface area contributed by atoms with Gasteiger partial charge in [-0.1, -0.05) is 12.1 Å². The third kappa shape index (κ3) is 3.10. The summed E-state index contributed by atoms with van der Waals surface area (Å²) in [5.74, 6) is 1.24. The molecule has 3 heterocycles. The van der Waals surface area contributed by atoms with Gasteiger partial charge in [0.1, 0.15) is 11.6 Å². The number of carbonyl (C=O) groups excluding carboxylic acids is 1. The third-order valence-electron chi connectivity index (χ3n) is 4.89. The van der Waals surface area contributed by atoms with E-state index in [1.165, 1.54) is 5.56 Å². The monoisotopic (exact) mass is 339 g/mol. The minimum atomic E-state index is -0.683. The lowest BCUT2D eigenvalue weighted by Gasteiger charge is -2.30. The molecule has 1 saturated heterocycles. The first-order valence-corrected chi connectivity index (χ1v) is 8.62. The van der Waals surface area contributed by atoms with Crippen molar-refractivity contribution in [2.45, 2.75) is 31.6 Å². The third-order valence-corrected chi connectivity index (χ3v) is 4.89. The van der Waals surface area contributed by atoms with Crippen LogP contribution >= 0.6 is 0 Å². The zero-order valence-corrected chi connectivity index (χ0v) is 13.9. The predicted molar refractivity (Wildman–Crippen MR) is 94.4 cm³/mol. The molecule has 130 valence electrons. The summed E-state index contributed by atoms with van der Waals surface area (Å²) >= 11 is 0. The molecule has 0 amide bonds. The number of anilines is 1. The van der Waals surface area contributed by atoms with Gasteiger partial charge in [0.15, 0.2) is 12.5 Å². The molecule has 2 aliphatic heterocycles. The van der Waals surface area contributed by atoms with Crippen LogP contribution in [0, 0.1) is 0 Å². The number of carbonyl (C=O) groups is 1. The van der Waals surface area contributed by atoms with E-state index < -0.39 is 6.23 Å². The summed E-state index contributed by atoms with van der Waals surface area (Å²) in [6.45, 7) is 2.32. The first kappa shape index (κ1) is 16.1. The fraction of sp³-hybridized carbons (Fsp3) is 0.368. The Kier molecular flexibility index (Phi) is 4.38. The van der Waals surface area contributed by atoms with E-state index in [1.807, 2.05) is 12.1 Å². The second kappa shape index (κ2) is 6.82. The number of fused-ring (bicyclic) bond motifs is 1. The number of hydrogen-bond acceptors (Lipinski definition) is 6. The molecule has 2 aliphatic rings. The first-order valence-electron chi connectivity index (χ1n) is 8.62. The van der Waals surface area contributed by atoms with E-state index in [9.17, 15) is 9.90 Å². The number of phenolic OH excluding ortho intramolecular Hbond substituents is 1. The van der Waals surface area contributed by atoms with Gasteiger partial charge in [0.2, 0.25) is 0 Å². The Morgan fingerprint density at radius 3 is 2.96 bits per heavy atom. The number of aldehydes is 1. The quantitative estimate of drug-likeness (QED) is 0.745. The van der Waals surface area contributed by atoms with Crippen LogP contribution in [0.25, 0.3) is 11.3 Å². The molecule has 4 rings (SSSR count).